The number of hydrogen-bond donors (Lipinski definition) is 0. The van der Waals surface area contributed by atoms with E-state index in [1.807, 2.05) is 6.07 Å². The second-order valence-electron chi connectivity index (χ2n) is 4.08. The largest absolute Gasteiger partial charge is 0.486 e. The van der Waals surface area contributed by atoms with Gasteiger partial charge in [-0.2, -0.15) is 0 Å². The molecule has 0 amide bonds. The number of ketones is 1. The second kappa shape index (κ2) is 5.08. The molecule has 0 N–H and O–H groups in total. The topological polar surface area (TPSA) is 35.5 Å². The molecule has 0 saturated heterocycles. The lowest BCUT2D eigenvalue weighted by atomic mass is 9.99. The molecule has 0 bridgehead atoms. The van der Waals surface area contributed by atoms with Crippen molar-refractivity contribution < 1.29 is 14.3 Å². The van der Waals surface area contributed by atoms with Gasteiger partial charge in [0.25, 0.3) is 0 Å². The van der Waals surface area contributed by atoms with E-state index in [-0.39, 0.29) is 5.78 Å². The molecule has 4 heteroatoms. The Morgan fingerprint density at radius 2 is 2.00 bits per heavy atom. The van der Waals surface area contributed by atoms with Crippen LogP contribution in [0.5, 0.6) is 11.5 Å². The zero-order chi connectivity index (χ0) is 12.4. The van der Waals surface area contributed by atoms with Gasteiger partial charge in [-0.25, -0.2) is 0 Å². The predicted octanol–water partition coefficient (Wildman–Crippen LogP) is 2.91. The number of carbonyl (C=O) groups excluding carboxylic acids is 1. The maximum absolute atomic E-state index is 11.3. The molecule has 17 heavy (non-hydrogen) atoms. The summed E-state index contributed by atoms with van der Waals surface area (Å²) in [5, 5.41) is 0. The summed E-state index contributed by atoms with van der Waals surface area (Å²) in [4.78, 5) is 11.3. The third kappa shape index (κ3) is 2.46. The molecule has 1 heterocycles. The van der Waals surface area contributed by atoms with Crippen molar-refractivity contribution in [3.05, 3.63) is 21.7 Å². The fraction of sp³-hybridized carbons (Fsp3) is 0.462. The SMILES string of the molecule is CCc1c(CC(C)=O)cc(Br)c2c1OCCO2. The number of Topliss-reactive ketones (excluding diaryl/α,β-unsaturated/α-hetero) is 1. The molecule has 0 aromatic heterocycles. The molecule has 3 nitrogen and oxygen atoms in total. The Morgan fingerprint density at radius 3 is 2.59 bits per heavy atom. The molecular weight excluding hydrogens is 284 g/mol. The van der Waals surface area contributed by atoms with Crippen molar-refractivity contribution in [1.29, 1.82) is 0 Å². The molecule has 1 aromatic rings. The van der Waals surface area contributed by atoms with Gasteiger partial charge >= 0.3 is 0 Å². The Kier molecular flexibility index (Phi) is 3.72. The summed E-state index contributed by atoms with van der Waals surface area (Å²) in [7, 11) is 0. The summed E-state index contributed by atoms with van der Waals surface area (Å²) in [6.45, 7) is 4.80. The Labute approximate surface area is 109 Å². The third-order valence-corrected chi connectivity index (χ3v) is 3.34. The van der Waals surface area contributed by atoms with E-state index in [1.54, 1.807) is 6.92 Å². The van der Waals surface area contributed by atoms with Crippen molar-refractivity contribution in [2.75, 3.05) is 13.2 Å². The van der Waals surface area contributed by atoms with Gasteiger partial charge in [-0.3, -0.25) is 4.79 Å². The van der Waals surface area contributed by atoms with Gasteiger partial charge in [0.15, 0.2) is 11.5 Å². The Balaban J connectivity index is 2.53. The first kappa shape index (κ1) is 12.4. The lowest BCUT2D eigenvalue weighted by Crippen LogP contribution is -2.18. The highest BCUT2D eigenvalue weighted by atomic mass is 79.9. The summed E-state index contributed by atoms with van der Waals surface area (Å²) in [6.07, 6.45) is 1.28. The Morgan fingerprint density at radius 1 is 1.35 bits per heavy atom. The molecule has 92 valence electrons. The van der Waals surface area contributed by atoms with Crippen molar-refractivity contribution in [2.45, 2.75) is 26.7 Å². The first-order chi connectivity index (χ1) is 8.13. The van der Waals surface area contributed by atoms with Gasteiger partial charge in [-0.15, -0.1) is 0 Å². The normalized spacial score (nSPS) is 13.6. The van der Waals surface area contributed by atoms with E-state index in [0.29, 0.717) is 19.6 Å². The van der Waals surface area contributed by atoms with E-state index in [4.69, 9.17) is 9.47 Å². The quantitative estimate of drug-likeness (QED) is 0.861. The van der Waals surface area contributed by atoms with Crippen molar-refractivity contribution in [2.24, 2.45) is 0 Å². The molecule has 1 aliphatic rings. The molecule has 0 radical (unpaired) electrons. The highest BCUT2D eigenvalue weighted by Gasteiger charge is 2.22. The maximum Gasteiger partial charge on any atom is 0.175 e. The summed E-state index contributed by atoms with van der Waals surface area (Å²) < 4.78 is 12.1. The average Bonchev–Trinajstić information content (AvgIpc) is 2.29. The van der Waals surface area contributed by atoms with Gasteiger partial charge in [0, 0.05) is 12.0 Å². The molecular formula is C13H15BrO3. The molecule has 0 atom stereocenters. The van der Waals surface area contributed by atoms with Crippen LogP contribution in [0.15, 0.2) is 10.5 Å². The van der Waals surface area contributed by atoms with Gasteiger partial charge in [0.05, 0.1) is 4.47 Å². The average molecular weight is 299 g/mol. The van der Waals surface area contributed by atoms with Crippen molar-refractivity contribution in [3.63, 3.8) is 0 Å². The van der Waals surface area contributed by atoms with E-state index in [0.717, 1.165) is 33.5 Å². The highest BCUT2D eigenvalue weighted by Crippen LogP contribution is 2.42. The van der Waals surface area contributed by atoms with E-state index in [2.05, 4.69) is 22.9 Å². The predicted molar refractivity (Wildman–Crippen MR) is 68.9 cm³/mol. The van der Waals surface area contributed by atoms with Gasteiger partial charge in [-0.1, -0.05) is 6.92 Å². The number of rotatable bonds is 3. The Hall–Kier alpha value is -1.03. The molecule has 0 unspecified atom stereocenters. The van der Waals surface area contributed by atoms with Crippen LogP contribution >= 0.6 is 15.9 Å². The molecule has 0 fully saturated rings. The fourth-order valence-corrected chi connectivity index (χ4v) is 2.66. The molecule has 0 spiro atoms. The summed E-state index contributed by atoms with van der Waals surface area (Å²) in [5.41, 5.74) is 2.11. The molecule has 1 aliphatic heterocycles. The molecule has 1 aromatic carbocycles. The van der Waals surface area contributed by atoms with Crippen LogP contribution in [0.2, 0.25) is 0 Å². The number of carbonyl (C=O) groups is 1. The van der Waals surface area contributed by atoms with Gasteiger partial charge < -0.3 is 9.47 Å². The zero-order valence-corrected chi connectivity index (χ0v) is 11.6. The Bertz CT molecular complexity index is 454. The van der Waals surface area contributed by atoms with E-state index in [1.165, 1.54) is 0 Å². The van der Waals surface area contributed by atoms with Gasteiger partial charge in [0.1, 0.15) is 19.0 Å². The monoisotopic (exact) mass is 298 g/mol. The van der Waals surface area contributed by atoms with Crippen molar-refractivity contribution >= 4 is 21.7 Å². The molecule has 0 saturated carbocycles. The molecule has 2 rings (SSSR count). The third-order valence-electron chi connectivity index (χ3n) is 2.75. The fourth-order valence-electron chi connectivity index (χ4n) is 2.09. The lowest BCUT2D eigenvalue weighted by molar-refractivity contribution is -0.116. The summed E-state index contributed by atoms with van der Waals surface area (Å²) in [5.74, 6) is 1.72. The van der Waals surface area contributed by atoms with Crippen LogP contribution in [-0.4, -0.2) is 19.0 Å². The number of hydrogen-bond acceptors (Lipinski definition) is 3. The van der Waals surface area contributed by atoms with E-state index >= 15 is 0 Å². The maximum atomic E-state index is 11.3. The number of benzene rings is 1. The second-order valence-corrected chi connectivity index (χ2v) is 4.94. The summed E-state index contributed by atoms with van der Waals surface area (Å²) in [6, 6.07) is 1.97. The number of fused-ring (bicyclic) bond motifs is 1. The van der Waals surface area contributed by atoms with Gasteiger partial charge in [-0.05, 0) is 40.9 Å². The first-order valence-corrected chi connectivity index (χ1v) is 6.52. The van der Waals surface area contributed by atoms with Crippen LogP contribution in [0.25, 0.3) is 0 Å². The first-order valence-electron chi connectivity index (χ1n) is 5.72. The van der Waals surface area contributed by atoms with Crippen molar-refractivity contribution in [3.8, 4) is 11.5 Å². The van der Waals surface area contributed by atoms with Crippen LogP contribution in [0.4, 0.5) is 0 Å². The van der Waals surface area contributed by atoms with Crippen LogP contribution in [0, 0.1) is 0 Å². The minimum absolute atomic E-state index is 0.156. The minimum atomic E-state index is 0.156. The molecule has 0 aliphatic carbocycles. The standard InChI is InChI=1S/C13H15BrO3/c1-3-10-9(6-8(2)15)7-11(14)13-12(10)16-4-5-17-13/h7H,3-6H2,1-2H3. The zero-order valence-electron chi connectivity index (χ0n) is 10.0. The smallest absolute Gasteiger partial charge is 0.175 e. The number of ether oxygens (including phenoxy) is 2. The number of halogens is 1. The van der Waals surface area contributed by atoms with Gasteiger partial charge in [0.2, 0.25) is 0 Å². The van der Waals surface area contributed by atoms with Crippen LogP contribution in [-0.2, 0) is 17.6 Å². The minimum Gasteiger partial charge on any atom is -0.486 e. The lowest BCUT2D eigenvalue weighted by Gasteiger charge is -2.24. The van der Waals surface area contributed by atoms with Crippen molar-refractivity contribution in [1.82, 2.24) is 0 Å². The van der Waals surface area contributed by atoms with Crippen LogP contribution in [0.3, 0.4) is 0 Å². The van der Waals surface area contributed by atoms with Crippen LogP contribution in [0.1, 0.15) is 25.0 Å². The highest BCUT2D eigenvalue weighted by molar-refractivity contribution is 9.10. The van der Waals surface area contributed by atoms with E-state index < -0.39 is 0 Å². The van der Waals surface area contributed by atoms with Crippen LogP contribution < -0.4 is 9.47 Å². The van der Waals surface area contributed by atoms with E-state index in [9.17, 15) is 4.79 Å². The summed E-state index contributed by atoms with van der Waals surface area (Å²) >= 11 is 3.47.